The first-order valence-corrected chi connectivity index (χ1v) is 78.1. The standard InChI is InChI=1S/C14H24O3Si.C13H22O3Si.2C11H18O4Si.C11H18O3Si.C11H22O2Si.2C11H20O2Si.C11H18O2Si/c1-10(2)17-18(5,6)12-9-7-8-11-13(12)16-14(3,4)15-11;1-6-14-17(4,5)11-9-7-8-10-12(11)16-13(2,3)15-10;1-11(2)14-9-7(16(3,4)12)5-6-8(13-6)10(9)15-11;1-10(2)13-7-5-6-8-11(14-8,9(7)15-10)16(3,4)12;1-11(2)13-8-6-5-7-9(10(8)14-11)15(3,4)12;4*1-11(2)12-8-6-5-7-9(14(3)4)10(8)13-11/h7-11,13H,1-6H3;7-10,12H,6H2,1-5H3;5-6,8-10,12H,1-4H3;5-9,12H,1-4H3;5-8,10,12H,1-4H3;8-10,14H,5-7H2,1-4H3;7-8,10,14H,5-6H2,1-4H3;5-6,8-10,14H,7H2,1-4H3;5-8,10,14H,1-4H3/t11-,13-;10-,12-;6?,8-,9-,10+;7-,8?,9-,11?;8-,10-;8-,9?,10-;8-,10-;8-,9?,10-;8-,10-/m001000000/s1. The summed E-state index contributed by atoms with van der Waals surface area (Å²) in [5.41, 5.74) is 1.57. The summed E-state index contributed by atoms with van der Waals surface area (Å²) in [5.74, 6) is -4.24. The SMILES string of the molecule is CC(C)O[Si](C)(C)C1=CC=C[C@@H]2OC(C)(C)O[C@H]12.CC1(C)O[C@@H]2[C@H](O1)C([Si](C)(C)O)=CC1O[C@H]12.CC1(C)O[C@H]2C=CC3OC3([Si](C)(C)O)[C@H]2O1.CC1(C)O[C@H]2C=CC=C([Si](C)(C)O)[C@H]2O1.CCO[Si](C)(C)C1=CC=C[C@@H]2OC(C)(C)O[C@H]12.C[SiH](C)C1=CC=C[C@@H]2OC(C)(C)O[C@H]12.C[SiH](C)C1=CCC[C@@H]2OC(C)(C)O[C@H]12.C[SiH](C)C1CC=C[C@@H]2OC(C)(C)O[C@H]12.C[SiH](C)C1CCC[C@@H]2OC(C)(C)O[C@H]12. The molecule has 0 aromatic carbocycles. The molecule has 0 bridgehead atoms. The van der Waals surface area contributed by atoms with Crippen molar-refractivity contribution < 1.29 is 118 Å². The molecular weight excluding hydrogens is 1900 g/mol. The van der Waals surface area contributed by atoms with Crippen molar-refractivity contribution >= 4 is 76.8 Å². The second kappa shape index (κ2) is 43.1. The molecule has 11 saturated heterocycles. The van der Waals surface area contributed by atoms with Gasteiger partial charge in [-0.05, 0) is 268 Å². The fraction of sp³-hybridized carbons (Fsp3) is 0.769. The largest absolute Gasteiger partial charge is 0.429 e. The Morgan fingerprint density at radius 3 is 1.30 bits per heavy atom. The zero-order valence-electron chi connectivity index (χ0n) is 91.3. The van der Waals surface area contributed by atoms with Gasteiger partial charge in [0.05, 0.1) is 42.0 Å². The van der Waals surface area contributed by atoms with Gasteiger partial charge in [-0.2, -0.15) is 0 Å². The Labute approximate surface area is 840 Å². The van der Waals surface area contributed by atoms with E-state index < -0.39 is 117 Å². The summed E-state index contributed by atoms with van der Waals surface area (Å²) in [5, 5.41) is 7.14. The molecule has 0 radical (unpaired) electrons. The number of hydrogen-bond donors (Lipinski definition) is 3. The highest BCUT2D eigenvalue weighted by molar-refractivity contribution is 6.80. The lowest BCUT2D eigenvalue weighted by Gasteiger charge is -2.33. The van der Waals surface area contributed by atoms with E-state index in [0.717, 1.165) is 34.5 Å². The first kappa shape index (κ1) is 115. The van der Waals surface area contributed by atoms with Crippen LogP contribution in [0, 0.1) is 0 Å². The highest BCUT2D eigenvalue weighted by Gasteiger charge is 2.76. The molecule has 0 spiro atoms. The number of rotatable bonds is 13. The van der Waals surface area contributed by atoms with Gasteiger partial charge >= 0.3 is 0 Å². The predicted molar refractivity (Wildman–Crippen MR) is 567 cm³/mol. The minimum absolute atomic E-state index is 0.0120. The van der Waals surface area contributed by atoms with Crippen LogP contribution in [-0.4, -0.2) is 289 Å². The molecule has 3 N–H and O–H groups in total. The van der Waals surface area contributed by atoms with Crippen LogP contribution >= 0.6 is 0 Å². The highest BCUT2D eigenvalue weighted by atomic mass is 28.4. The molecule has 12 fully saturated rings. The van der Waals surface area contributed by atoms with Crippen LogP contribution in [0.4, 0.5) is 0 Å². The first-order chi connectivity index (χ1) is 63.4. The van der Waals surface area contributed by atoms with Crippen molar-refractivity contribution in [2.24, 2.45) is 0 Å². The quantitative estimate of drug-likeness (QED) is 0.0878. The molecule has 11 aliphatic heterocycles. The van der Waals surface area contributed by atoms with Crippen molar-refractivity contribution in [1.29, 1.82) is 0 Å². The third kappa shape index (κ3) is 28.1. The van der Waals surface area contributed by atoms with Crippen LogP contribution in [0.3, 0.4) is 0 Å². The van der Waals surface area contributed by atoms with E-state index in [2.05, 4.69) is 165 Å². The van der Waals surface area contributed by atoms with Crippen LogP contribution in [-0.2, 0) is 104 Å². The van der Waals surface area contributed by atoms with Crippen molar-refractivity contribution in [3.05, 3.63) is 141 Å². The average Bonchev–Trinajstić information content (AvgIpc) is 1.51. The third-order valence-electron chi connectivity index (χ3n) is 28.6. The minimum atomic E-state index is -2.43. The normalized spacial score (nSPS) is 37.7. The number of allylic oxidation sites excluding steroid dienone is 10. The van der Waals surface area contributed by atoms with E-state index in [4.69, 9.17) is 104 Å². The maximum Gasteiger partial charge on any atom is 0.221 e. The fourth-order valence-corrected chi connectivity index (χ4v) is 39.5. The van der Waals surface area contributed by atoms with Crippen LogP contribution in [0.15, 0.2) is 141 Å². The van der Waals surface area contributed by atoms with Crippen LogP contribution in [0.1, 0.15) is 184 Å². The van der Waals surface area contributed by atoms with Crippen molar-refractivity contribution in [2.75, 3.05) is 6.61 Å². The van der Waals surface area contributed by atoms with Crippen molar-refractivity contribution in [3.8, 4) is 0 Å². The van der Waals surface area contributed by atoms with Gasteiger partial charge in [0, 0.05) is 30.3 Å². The van der Waals surface area contributed by atoms with Gasteiger partial charge in [-0.25, -0.2) is 0 Å². The number of fused-ring (bicyclic) bond motifs is 13. The highest BCUT2D eigenvalue weighted by Crippen LogP contribution is 2.56. The molecule has 5 unspecified atom stereocenters. The lowest BCUT2D eigenvalue weighted by molar-refractivity contribution is -0.147. The van der Waals surface area contributed by atoms with Gasteiger partial charge in [0.25, 0.3) is 0 Å². The van der Waals surface area contributed by atoms with Gasteiger partial charge in [0.2, 0.25) is 41.6 Å². The summed E-state index contributed by atoms with van der Waals surface area (Å²) >= 11 is 0. The van der Waals surface area contributed by atoms with Gasteiger partial charge in [0.1, 0.15) is 109 Å². The maximum atomic E-state index is 10.4. The molecule has 1 saturated carbocycles. The Bertz CT molecular complexity index is 4560. The molecule has 0 aromatic rings. The lowest BCUT2D eigenvalue weighted by atomic mass is 9.94. The van der Waals surface area contributed by atoms with E-state index in [-0.39, 0.29) is 127 Å². The molecule has 0 aromatic heterocycles. The number of epoxide rings is 2. The molecular formula is C104H180O25Si9. The van der Waals surface area contributed by atoms with Crippen molar-refractivity contribution in [3.63, 3.8) is 0 Å². The van der Waals surface area contributed by atoms with Crippen LogP contribution in [0.25, 0.3) is 0 Å². The molecule has 20 rings (SSSR count). The van der Waals surface area contributed by atoms with E-state index in [1.54, 1.807) is 5.20 Å². The summed E-state index contributed by atoms with van der Waals surface area (Å²) in [6, 6.07) is 0. The molecule has 25 nitrogen and oxygen atoms in total. The second-order valence-corrected chi connectivity index (χ2v) is 80.3. The second-order valence-electron chi connectivity index (χ2n) is 48.7. The Kier molecular flexibility index (Phi) is 35.7. The molecule has 138 heavy (non-hydrogen) atoms. The number of ether oxygens (including phenoxy) is 20. The van der Waals surface area contributed by atoms with Crippen molar-refractivity contribution in [2.45, 2.75) is 504 Å². The summed E-state index contributed by atoms with van der Waals surface area (Å²) in [6.45, 7) is 81.7. The first-order valence-electron chi connectivity index (χ1n) is 51.7. The molecule has 34 heteroatoms. The molecule has 11 heterocycles. The smallest absolute Gasteiger partial charge is 0.221 e. The maximum absolute atomic E-state index is 10.4. The summed E-state index contributed by atoms with van der Waals surface area (Å²) in [6.07, 6.45) is 47.5. The van der Waals surface area contributed by atoms with Gasteiger partial charge in [-0.3, -0.25) is 0 Å². The van der Waals surface area contributed by atoms with E-state index >= 15 is 0 Å². The molecule has 24 atom stereocenters. The topological polar surface area (TPSA) is 270 Å². The molecule has 782 valence electrons. The van der Waals surface area contributed by atoms with E-state index in [0.29, 0.717) is 24.4 Å². The van der Waals surface area contributed by atoms with Gasteiger partial charge in [0.15, 0.2) is 52.1 Å². The van der Waals surface area contributed by atoms with Crippen LogP contribution in [0.5, 0.6) is 0 Å². The van der Waals surface area contributed by atoms with Crippen LogP contribution < -0.4 is 0 Å². The van der Waals surface area contributed by atoms with Crippen molar-refractivity contribution in [1.82, 2.24) is 0 Å². The Balaban J connectivity index is 0.000000139. The third-order valence-corrected chi connectivity index (χ3v) is 49.3. The van der Waals surface area contributed by atoms with E-state index in [1.807, 2.05) is 207 Å². The van der Waals surface area contributed by atoms with Gasteiger partial charge in [-0.15, -0.1) is 0 Å². The Morgan fingerprint density at radius 2 is 0.790 bits per heavy atom. The molecule has 0 amide bonds. The lowest BCUT2D eigenvalue weighted by Crippen LogP contribution is -2.58. The molecule has 20 aliphatic rings. The van der Waals surface area contributed by atoms with Gasteiger partial charge < -0.3 is 118 Å². The summed E-state index contributed by atoms with van der Waals surface area (Å²) in [7, 11) is -13.6. The average molecular weight is 2080 g/mol. The summed E-state index contributed by atoms with van der Waals surface area (Å²) in [4.78, 5) is 30.8. The predicted octanol–water partition coefficient (Wildman–Crippen LogP) is 18.7. The van der Waals surface area contributed by atoms with E-state index in [9.17, 15) is 14.4 Å². The Morgan fingerprint density at radius 1 is 0.370 bits per heavy atom. The zero-order valence-corrected chi connectivity index (χ0v) is 101. The van der Waals surface area contributed by atoms with E-state index in [1.165, 1.54) is 47.7 Å². The summed E-state index contributed by atoms with van der Waals surface area (Å²) < 4.78 is 130. The van der Waals surface area contributed by atoms with Gasteiger partial charge in [-0.1, -0.05) is 185 Å². The minimum Gasteiger partial charge on any atom is -0.429 e. The monoisotopic (exact) mass is 2080 g/mol. The van der Waals surface area contributed by atoms with Crippen LogP contribution in [0.2, 0.25) is 129 Å². The zero-order chi connectivity index (χ0) is 102. The number of hydrogen-bond acceptors (Lipinski definition) is 25. The molecule has 9 aliphatic carbocycles. The fourth-order valence-electron chi connectivity index (χ4n) is 22.7. The Hall–Kier alpha value is -2.17.